The maximum atomic E-state index is 12.3. The molecule has 1 N–H and O–H groups in total. The molecule has 1 unspecified atom stereocenters. The van der Waals surface area contributed by atoms with Gasteiger partial charge >= 0.3 is 5.97 Å². The van der Waals surface area contributed by atoms with Crippen LogP contribution in [0, 0.1) is 6.92 Å². The first-order chi connectivity index (χ1) is 11.6. The highest BCUT2D eigenvalue weighted by Gasteiger charge is 2.28. The van der Waals surface area contributed by atoms with Gasteiger partial charge in [-0.15, -0.1) is 0 Å². The van der Waals surface area contributed by atoms with Crippen molar-refractivity contribution in [2.24, 2.45) is 0 Å². The van der Waals surface area contributed by atoms with Crippen LogP contribution in [0.5, 0.6) is 0 Å². The van der Waals surface area contributed by atoms with Crippen LogP contribution in [0.3, 0.4) is 0 Å². The van der Waals surface area contributed by atoms with Crippen molar-refractivity contribution in [2.75, 3.05) is 0 Å². The molecule has 0 aliphatic carbocycles. The molecule has 2 heterocycles. The van der Waals surface area contributed by atoms with Gasteiger partial charge in [0.25, 0.3) is 0 Å². The van der Waals surface area contributed by atoms with Crippen LogP contribution in [-0.4, -0.2) is 24.6 Å². The lowest BCUT2D eigenvalue weighted by Gasteiger charge is -2.20. The number of ether oxygens (including phenoxy) is 1. The summed E-state index contributed by atoms with van der Waals surface area (Å²) in [6, 6.07) is 7.21. The van der Waals surface area contributed by atoms with Crippen molar-refractivity contribution in [3.8, 4) is 0 Å². The van der Waals surface area contributed by atoms with Gasteiger partial charge in [-0.1, -0.05) is 18.2 Å². The topological polar surface area (TPSA) is 77.4 Å². The highest BCUT2D eigenvalue weighted by Crippen LogP contribution is 2.33. The fourth-order valence-corrected chi connectivity index (χ4v) is 4.14. The van der Waals surface area contributed by atoms with Gasteiger partial charge in [0.1, 0.15) is 12.1 Å². The molecule has 6 nitrogen and oxygen atoms in total. The molecule has 0 saturated carbocycles. The lowest BCUT2D eigenvalue weighted by atomic mass is 10.0. The molecular weight excluding hydrogens is 340 g/mol. The van der Waals surface area contributed by atoms with E-state index in [0.717, 1.165) is 22.2 Å². The smallest absolute Gasteiger partial charge is 0.326 e. The van der Waals surface area contributed by atoms with Crippen molar-refractivity contribution in [3.05, 3.63) is 47.0 Å². The number of nitrogens with one attached hydrogen (secondary N) is 1. The third-order valence-electron chi connectivity index (χ3n) is 4.04. The molecule has 1 aliphatic rings. The standard InChI is InChI=1S/C18H22N2O4S/c1-12-17(14-9-10-25(22,23)19-14)13-7-5-6-8-15(13)20(12)11-16(21)24-18(2,3)4/h5-10,14,19H,11H2,1-4H3. The lowest BCUT2D eigenvalue weighted by Crippen LogP contribution is -2.27. The van der Waals surface area contributed by atoms with Gasteiger partial charge in [-0.25, -0.2) is 13.1 Å². The Kier molecular flexibility index (Phi) is 4.25. The van der Waals surface area contributed by atoms with Gasteiger partial charge in [0, 0.05) is 27.6 Å². The van der Waals surface area contributed by atoms with E-state index in [1.807, 2.05) is 56.5 Å². The van der Waals surface area contributed by atoms with Crippen LogP contribution in [0.1, 0.15) is 38.1 Å². The van der Waals surface area contributed by atoms with Gasteiger partial charge in [-0.05, 0) is 39.8 Å². The molecule has 0 amide bonds. The first-order valence-corrected chi connectivity index (χ1v) is 9.62. The molecule has 134 valence electrons. The Morgan fingerprint density at radius 3 is 2.56 bits per heavy atom. The summed E-state index contributed by atoms with van der Waals surface area (Å²) in [5, 5.41) is 2.10. The molecule has 1 aromatic heterocycles. The third kappa shape index (κ3) is 3.62. The largest absolute Gasteiger partial charge is 0.459 e. The molecule has 0 spiro atoms. The Hall–Kier alpha value is -2.12. The zero-order valence-corrected chi connectivity index (χ0v) is 15.6. The zero-order chi connectivity index (χ0) is 18.4. The summed E-state index contributed by atoms with van der Waals surface area (Å²) in [6.45, 7) is 7.45. The summed E-state index contributed by atoms with van der Waals surface area (Å²) < 4.78 is 33.4. The third-order valence-corrected chi connectivity index (χ3v) is 5.14. The van der Waals surface area contributed by atoms with Crippen molar-refractivity contribution in [1.82, 2.24) is 9.29 Å². The van der Waals surface area contributed by atoms with Crippen LogP contribution in [0.25, 0.3) is 10.9 Å². The number of rotatable bonds is 3. The summed E-state index contributed by atoms with van der Waals surface area (Å²) in [7, 11) is -3.40. The Bertz CT molecular complexity index is 965. The van der Waals surface area contributed by atoms with Gasteiger partial charge in [-0.3, -0.25) is 4.79 Å². The highest BCUT2D eigenvalue weighted by atomic mass is 32.2. The number of fused-ring (bicyclic) bond motifs is 1. The summed E-state index contributed by atoms with van der Waals surface area (Å²) in [6.07, 6.45) is 1.63. The number of sulfonamides is 1. The van der Waals surface area contributed by atoms with Crippen LogP contribution in [-0.2, 0) is 26.1 Å². The minimum absolute atomic E-state index is 0.0762. The van der Waals surface area contributed by atoms with Gasteiger partial charge in [0.15, 0.2) is 0 Å². The maximum Gasteiger partial charge on any atom is 0.326 e. The van der Waals surface area contributed by atoms with E-state index < -0.39 is 21.7 Å². The van der Waals surface area contributed by atoms with Gasteiger partial charge in [0.05, 0.1) is 6.04 Å². The first kappa shape index (κ1) is 17.7. The predicted octanol–water partition coefficient (Wildman–Crippen LogP) is 2.78. The van der Waals surface area contributed by atoms with E-state index in [2.05, 4.69) is 4.72 Å². The number of hydrogen-bond acceptors (Lipinski definition) is 4. The molecule has 0 saturated heterocycles. The number of esters is 1. The fourth-order valence-electron chi connectivity index (χ4n) is 3.15. The number of benzene rings is 1. The minimum atomic E-state index is -3.40. The second-order valence-electron chi connectivity index (χ2n) is 7.16. The average Bonchev–Trinajstić information content (AvgIpc) is 2.95. The second kappa shape index (κ2) is 6.00. The van der Waals surface area contributed by atoms with Crippen LogP contribution < -0.4 is 4.72 Å². The van der Waals surface area contributed by atoms with Gasteiger partial charge < -0.3 is 9.30 Å². The van der Waals surface area contributed by atoms with Gasteiger partial charge in [0.2, 0.25) is 10.0 Å². The average molecular weight is 362 g/mol. The van der Waals surface area contributed by atoms with Crippen molar-refractivity contribution in [1.29, 1.82) is 0 Å². The molecule has 2 aromatic rings. The first-order valence-electron chi connectivity index (χ1n) is 8.07. The molecule has 7 heteroatoms. The monoisotopic (exact) mass is 362 g/mol. The summed E-state index contributed by atoms with van der Waals surface area (Å²) in [5.74, 6) is -0.328. The Balaban J connectivity index is 2.04. The molecule has 0 bridgehead atoms. The number of carbonyl (C=O) groups excluding carboxylic acids is 1. The van der Waals surface area contributed by atoms with E-state index in [-0.39, 0.29) is 12.5 Å². The Morgan fingerprint density at radius 2 is 1.96 bits per heavy atom. The SMILES string of the molecule is Cc1c(C2C=CS(=O)(=O)N2)c2ccccc2n1CC(=O)OC(C)(C)C. The summed E-state index contributed by atoms with van der Waals surface area (Å²) in [5.41, 5.74) is 2.02. The van der Waals surface area contributed by atoms with E-state index in [4.69, 9.17) is 4.74 Å². The summed E-state index contributed by atoms with van der Waals surface area (Å²) >= 11 is 0. The Labute approximate surface area is 147 Å². The zero-order valence-electron chi connectivity index (χ0n) is 14.7. The van der Waals surface area contributed by atoms with Gasteiger partial charge in [-0.2, -0.15) is 0 Å². The van der Waals surface area contributed by atoms with Crippen molar-refractivity contribution in [2.45, 2.75) is 45.9 Å². The summed E-state index contributed by atoms with van der Waals surface area (Å²) in [4.78, 5) is 12.3. The van der Waals surface area contributed by atoms with E-state index >= 15 is 0 Å². The number of para-hydroxylation sites is 1. The molecule has 0 fully saturated rings. The number of aromatic nitrogens is 1. The molecule has 1 aromatic carbocycles. The molecular formula is C18H22N2O4S. The molecule has 3 rings (SSSR count). The van der Waals surface area contributed by atoms with Crippen LogP contribution in [0.2, 0.25) is 0 Å². The highest BCUT2D eigenvalue weighted by molar-refractivity contribution is 7.92. The van der Waals surface area contributed by atoms with Crippen LogP contribution in [0.4, 0.5) is 0 Å². The second-order valence-corrected chi connectivity index (χ2v) is 8.76. The fraction of sp³-hybridized carbons (Fsp3) is 0.389. The molecule has 1 aliphatic heterocycles. The molecule has 1 atom stereocenters. The van der Waals surface area contributed by atoms with Crippen LogP contribution >= 0.6 is 0 Å². The van der Waals surface area contributed by atoms with E-state index in [9.17, 15) is 13.2 Å². The Morgan fingerprint density at radius 1 is 1.28 bits per heavy atom. The van der Waals surface area contributed by atoms with Crippen LogP contribution in [0.15, 0.2) is 35.7 Å². The molecule has 0 radical (unpaired) electrons. The number of hydrogen-bond donors (Lipinski definition) is 1. The maximum absolute atomic E-state index is 12.3. The normalized spacial score (nSPS) is 19.4. The van der Waals surface area contributed by atoms with Crippen molar-refractivity contribution < 1.29 is 17.9 Å². The predicted molar refractivity (Wildman–Crippen MR) is 96.5 cm³/mol. The molecule has 25 heavy (non-hydrogen) atoms. The van der Waals surface area contributed by atoms with E-state index in [1.54, 1.807) is 6.08 Å². The minimum Gasteiger partial charge on any atom is -0.459 e. The van der Waals surface area contributed by atoms with Crippen molar-refractivity contribution in [3.63, 3.8) is 0 Å². The quantitative estimate of drug-likeness (QED) is 0.852. The number of nitrogens with zero attached hydrogens (tertiary/aromatic N) is 1. The van der Waals surface area contributed by atoms with Crippen molar-refractivity contribution >= 4 is 26.9 Å². The lowest BCUT2D eigenvalue weighted by molar-refractivity contribution is -0.155. The van der Waals surface area contributed by atoms with E-state index in [1.165, 1.54) is 5.41 Å². The number of carbonyl (C=O) groups is 1. The van der Waals surface area contributed by atoms with E-state index in [0.29, 0.717) is 0 Å².